The first kappa shape index (κ1) is 19.1. The van der Waals surface area contributed by atoms with E-state index in [1.807, 2.05) is 23.1 Å². The van der Waals surface area contributed by atoms with Crippen molar-refractivity contribution in [2.75, 3.05) is 31.3 Å². The van der Waals surface area contributed by atoms with Crippen LogP contribution in [0.4, 0.5) is 0 Å². The summed E-state index contributed by atoms with van der Waals surface area (Å²) in [6.07, 6.45) is 0. The van der Waals surface area contributed by atoms with E-state index in [0.29, 0.717) is 31.3 Å². The average molecular weight is 370 g/mol. The first-order chi connectivity index (χ1) is 11.1. The highest BCUT2D eigenvalue weighted by Gasteiger charge is 2.41. The summed E-state index contributed by atoms with van der Waals surface area (Å²) in [5, 5.41) is 0. The Morgan fingerprint density at radius 3 is 2.58 bits per heavy atom. The summed E-state index contributed by atoms with van der Waals surface area (Å²) in [7, 11) is 0. The summed E-state index contributed by atoms with van der Waals surface area (Å²) in [4.78, 5) is 28.2. The first-order valence-electron chi connectivity index (χ1n) is 8.00. The van der Waals surface area contributed by atoms with E-state index in [2.05, 4.69) is 12.1 Å². The van der Waals surface area contributed by atoms with Crippen LogP contribution in [-0.2, 0) is 9.59 Å². The van der Waals surface area contributed by atoms with Crippen LogP contribution < -0.4 is 5.73 Å². The van der Waals surface area contributed by atoms with Crippen LogP contribution in [0.1, 0.15) is 18.4 Å². The van der Waals surface area contributed by atoms with E-state index in [4.69, 9.17) is 5.73 Å². The number of halogens is 1. The number of benzene rings is 1. The van der Waals surface area contributed by atoms with Crippen molar-refractivity contribution in [1.29, 1.82) is 0 Å². The zero-order chi connectivity index (χ0) is 16.4. The second-order valence-corrected chi connectivity index (χ2v) is 7.26. The maximum absolute atomic E-state index is 12.9. The summed E-state index contributed by atoms with van der Waals surface area (Å²) in [6, 6.07) is 9.95. The number of nitrogens with zero attached hydrogens (tertiary/aromatic N) is 2. The summed E-state index contributed by atoms with van der Waals surface area (Å²) < 4.78 is 0. The Morgan fingerprint density at radius 1 is 1.25 bits per heavy atom. The van der Waals surface area contributed by atoms with Gasteiger partial charge in [-0.1, -0.05) is 30.3 Å². The second kappa shape index (κ2) is 8.23. The third-order valence-electron chi connectivity index (χ3n) is 4.86. The van der Waals surface area contributed by atoms with Crippen molar-refractivity contribution in [2.24, 2.45) is 11.7 Å². The molecule has 2 aliphatic rings. The summed E-state index contributed by atoms with van der Waals surface area (Å²) >= 11 is 1.64. The molecule has 0 saturated carbocycles. The zero-order valence-corrected chi connectivity index (χ0v) is 15.4. The lowest BCUT2D eigenvalue weighted by atomic mass is 9.89. The van der Waals surface area contributed by atoms with Crippen molar-refractivity contribution in [3.63, 3.8) is 0 Å². The van der Waals surface area contributed by atoms with Gasteiger partial charge in [-0.2, -0.15) is 0 Å². The number of likely N-dealkylation sites (tertiary alicyclic amines) is 1. The van der Waals surface area contributed by atoms with Gasteiger partial charge in [-0.05, 0) is 18.0 Å². The standard InChI is InChI=1S/C17H23N3O2S.ClH/c1-12(21)20-11-23-10-16(20)17(22)19-8-14(7-18)15(9-19)13-5-3-2-4-6-13;/h2-6,14-16H,7-11,18H2,1H3;1H/t14-,15+,16?;/m1./s1. The fourth-order valence-corrected chi connectivity index (χ4v) is 4.75. The van der Waals surface area contributed by atoms with E-state index < -0.39 is 0 Å². The average Bonchev–Trinajstić information content (AvgIpc) is 3.22. The van der Waals surface area contributed by atoms with Crippen molar-refractivity contribution in [2.45, 2.75) is 18.9 Å². The highest BCUT2D eigenvalue weighted by atomic mass is 35.5. The molecule has 2 aliphatic heterocycles. The fraction of sp³-hybridized carbons (Fsp3) is 0.529. The molecule has 0 spiro atoms. The molecule has 0 radical (unpaired) electrons. The third kappa shape index (κ3) is 3.71. The summed E-state index contributed by atoms with van der Waals surface area (Å²) in [5.74, 6) is 1.91. The maximum atomic E-state index is 12.9. The lowest BCUT2D eigenvalue weighted by Gasteiger charge is -2.26. The quantitative estimate of drug-likeness (QED) is 0.877. The van der Waals surface area contributed by atoms with Crippen molar-refractivity contribution in [3.8, 4) is 0 Å². The van der Waals surface area contributed by atoms with E-state index in [-0.39, 0.29) is 42.1 Å². The Labute approximate surface area is 153 Å². The van der Waals surface area contributed by atoms with Crippen LogP contribution in [0.5, 0.6) is 0 Å². The van der Waals surface area contributed by atoms with Crippen LogP contribution in [0, 0.1) is 5.92 Å². The van der Waals surface area contributed by atoms with Gasteiger partial charge in [0.25, 0.3) is 0 Å². The molecule has 7 heteroatoms. The van der Waals surface area contributed by atoms with E-state index in [0.717, 1.165) is 0 Å². The molecule has 3 rings (SSSR count). The van der Waals surface area contributed by atoms with Crippen LogP contribution in [0.15, 0.2) is 30.3 Å². The van der Waals surface area contributed by atoms with Gasteiger partial charge in [-0.3, -0.25) is 9.59 Å². The Hall–Kier alpha value is -1.24. The van der Waals surface area contributed by atoms with Gasteiger partial charge in [0.1, 0.15) is 6.04 Å². The molecule has 0 aromatic heterocycles. The molecule has 1 aromatic carbocycles. The van der Waals surface area contributed by atoms with Gasteiger partial charge in [-0.15, -0.1) is 24.2 Å². The van der Waals surface area contributed by atoms with Crippen molar-refractivity contribution in [1.82, 2.24) is 9.80 Å². The van der Waals surface area contributed by atoms with E-state index in [1.165, 1.54) is 12.5 Å². The number of amides is 2. The molecule has 0 bridgehead atoms. The number of carbonyl (C=O) groups is 2. The highest BCUT2D eigenvalue weighted by molar-refractivity contribution is 7.99. The highest BCUT2D eigenvalue weighted by Crippen LogP contribution is 2.33. The number of carbonyl (C=O) groups excluding carboxylic acids is 2. The van der Waals surface area contributed by atoms with Gasteiger partial charge < -0.3 is 15.5 Å². The van der Waals surface area contributed by atoms with Crippen molar-refractivity contribution >= 4 is 36.0 Å². The van der Waals surface area contributed by atoms with Crippen LogP contribution in [0.3, 0.4) is 0 Å². The zero-order valence-electron chi connectivity index (χ0n) is 13.8. The van der Waals surface area contributed by atoms with E-state index in [9.17, 15) is 9.59 Å². The summed E-state index contributed by atoms with van der Waals surface area (Å²) in [6.45, 7) is 3.48. The summed E-state index contributed by atoms with van der Waals surface area (Å²) in [5.41, 5.74) is 7.18. The molecule has 1 aromatic rings. The third-order valence-corrected chi connectivity index (χ3v) is 5.87. The van der Waals surface area contributed by atoms with Crippen molar-refractivity contribution in [3.05, 3.63) is 35.9 Å². The number of rotatable bonds is 3. The number of nitrogens with two attached hydrogens (primary N) is 1. The van der Waals surface area contributed by atoms with Gasteiger partial charge in [0.15, 0.2) is 0 Å². The first-order valence-corrected chi connectivity index (χ1v) is 9.16. The predicted octanol–water partition coefficient (Wildman–Crippen LogP) is 1.53. The second-order valence-electron chi connectivity index (χ2n) is 6.26. The molecule has 5 nitrogen and oxygen atoms in total. The van der Waals surface area contributed by atoms with Crippen molar-refractivity contribution < 1.29 is 9.59 Å². The molecule has 2 fully saturated rings. The number of hydrogen-bond acceptors (Lipinski definition) is 4. The lowest BCUT2D eigenvalue weighted by molar-refractivity contribution is -0.141. The van der Waals surface area contributed by atoms with Gasteiger partial charge in [0.05, 0.1) is 5.88 Å². The maximum Gasteiger partial charge on any atom is 0.246 e. The SMILES string of the molecule is CC(=O)N1CSCC1C(=O)N1C[C@@H](CN)[C@H](c2ccccc2)C1.Cl. The minimum absolute atomic E-state index is 0. The molecular weight excluding hydrogens is 346 g/mol. The van der Waals surface area contributed by atoms with Crippen LogP contribution in [0.25, 0.3) is 0 Å². The van der Waals surface area contributed by atoms with Gasteiger partial charge >= 0.3 is 0 Å². The fourth-order valence-electron chi connectivity index (χ4n) is 3.54. The molecule has 3 atom stereocenters. The van der Waals surface area contributed by atoms with Gasteiger partial charge in [-0.25, -0.2) is 0 Å². The molecular formula is C17H24ClN3O2S. The minimum atomic E-state index is -0.314. The Morgan fingerprint density at radius 2 is 1.96 bits per heavy atom. The molecule has 132 valence electrons. The molecule has 2 N–H and O–H groups in total. The molecule has 24 heavy (non-hydrogen) atoms. The Balaban J connectivity index is 0.00000208. The van der Waals surface area contributed by atoms with E-state index >= 15 is 0 Å². The molecule has 2 saturated heterocycles. The lowest BCUT2D eigenvalue weighted by Crippen LogP contribution is -2.47. The van der Waals surface area contributed by atoms with Crippen LogP contribution in [0.2, 0.25) is 0 Å². The molecule has 2 amide bonds. The Bertz CT molecular complexity index is 586. The largest absolute Gasteiger partial charge is 0.340 e. The van der Waals surface area contributed by atoms with Crippen LogP contribution in [-0.4, -0.2) is 58.9 Å². The number of thioether (sulfide) groups is 1. The Kier molecular flexibility index (Phi) is 6.54. The normalized spacial score (nSPS) is 26.3. The van der Waals surface area contributed by atoms with Crippen LogP contribution >= 0.6 is 24.2 Å². The predicted molar refractivity (Wildman–Crippen MR) is 99.2 cm³/mol. The van der Waals surface area contributed by atoms with Gasteiger partial charge in [0, 0.05) is 31.7 Å². The molecule has 1 unspecified atom stereocenters. The smallest absolute Gasteiger partial charge is 0.246 e. The molecule has 2 heterocycles. The van der Waals surface area contributed by atoms with E-state index in [1.54, 1.807) is 16.7 Å². The monoisotopic (exact) mass is 369 g/mol. The topological polar surface area (TPSA) is 66.6 Å². The van der Waals surface area contributed by atoms with Gasteiger partial charge in [0.2, 0.25) is 11.8 Å². The number of hydrogen-bond donors (Lipinski definition) is 1. The molecule has 0 aliphatic carbocycles. The minimum Gasteiger partial charge on any atom is -0.340 e.